The van der Waals surface area contributed by atoms with Crippen LogP contribution in [0.3, 0.4) is 0 Å². The summed E-state index contributed by atoms with van der Waals surface area (Å²) in [4.78, 5) is 21.3. The summed E-state index contributed by atoms with van der Waals surface area (Å²) in [6.07, 6.45) is 0. The number of likely N-dealkylation sites (tertiary alicyclic amines) is 2. The summed E-state index contributed by atoms with van der Waals surface area (Å²) >= 11 is 0. The van der Waals surface area contributed by atoms with Crippen LogP contribution in [0.15, 0.2) is 30.3 Å². The standard InChI is InChI=1S/C20H27N5O2/c1-3-27-11-18(26)25-13-20(14-25)12-24(9-16-7-5-4-6-8-16)10-17(20)19-21-15(2)22-23-19/h4-8,17H,3,9-14H2,1-2H3,(H,21,22,23). The molecule has 7 heteroatoms. The number of hydrogen-bond acceptors (Lipinski definition) is 5. The summed E-state index contributed by atoms with van der Waals surface area (Å²) in [7, 11) is 0. The third-order valence-corrected chi connectivity index (χ3v) is 5.69. The molecule has 2 saturated heterocycles. The summed E-state index contributed by atoms with van der Waals surface area (Å²) in [6.45, 7) is 8.86. The first kappa shape index (κ1) is 18.1. The highest BCUT2D eigenvalue weighted by Gasteiger charge is 2.56. The molecular formula is C20H27N5O2. The topological polar surface area (TPSA) is 74.3 Å². The number of ether oxygens (including phenoxy) is 1. The van der Waals surface area contributed by atoms with Crippen molar-refractivity contribution in [2.75, 3.05) is 39.4 Å². The van der Waals surface area contributed by atoms with E-state index in [1.54, 1.807) is 0 Å². The van der Waals surface area contributed by atoms with Gasteiger partial charge in [0.25, 0.3) is 0 Å². The first-order chi connectivity index (χ1) is 13.1. The molecule has 1 amide bonds. The van der Waals surface area contributed by atoms with Gasteiger partial charge >= 0.3 is 0 Å². The highest BCUT2D eigenvalue weighted by atomic mass is 16.5. The molecule has 2 fully saturated rings. The number of carbonyl (C=O) groups excluding carboxylic acids is 1. The zero-order chi connectivity index (χ0) is 18.9. The van der Waals surface area contributed by atoms with Gasteiger partial charge in [-0.25, -0.2) is 4.98 Å². The van der Waals surface area contributed by atoms with Crippen LogP contribution >= 0.6 is 0 Å². The summed E-state index contributed by atoms with van der Waals surface area (Å²) < 4.78 is 5.29. The van der Waals surface area contributed by atoms with Crippen LogP contribution in [0.5, 0.6) is 0 Å². The van der Waals surface area contributed by atoms with Crippen molar-refractivity contribution in [3.8, 4) is 0 Å². The molecule has 0 aliphatic carbocycles. The van der Waals surface area contributed by atoms with Crippen molar-refractivity contribution in [2.24, 2.45) is 5.41 Å². The molecule has 7 nitrogen and oxygen atoms in total. The molecule has 1 aromatic carbocycles. The van der Waals surface area contributed by atoms with Crippen molar-refractivity contribution in [1.29, 1.82) is 0 Å². The maximum Gasteiger partial charge on any atom is 0.248 e. The van der Waals surface area contributed by atoms with Crippen LogP contribution in [0.2, 0.25) is 0 Å². The van der Waals surface area contributed by atoms with E-state index in [9.17, 15) is 4.79 Å². The van der Waals surface area contributed by atoms with Gasteiger partial charge in [0.2, 0.25) is 5.91 Å². The second-order valence-electron chi connectivity index (χ2n) is 7.74. The van der Waals surface area contributed by atoms with E-state index in [2.05, 4.69) is 44.3 Å². The molecule has 1 aromatic heterocycles. The molecule has 1 spiro atoms. The van der Waals surface area contributed by atoms with E-state index in [1.807, 2.05) is 24.8 Å². The molecule has 144 valence electrons. The zero-order valence-corrected chi connectivity index (χ0v) is 16.0. The number of nitrogens with zero attached hydrogens (tertiary/aromatic N) is 4. The summed E-state index contributed by atoms with van der Waals surface area (Å²) in [5.74, 6) is 2.03. The number of carbonyl (C=O) groups is 1. The first-order valence-corrected chi connectivity index (χ1v) is 9.60. The minimum Gasteiger partial charge on any atom is -0.372 e. The Morgan fingerprint density at radius 1 is 1.30 bits per heavy atom. The van der Waals surface area contributed by atoms with E-state index in [4.69, 9.17) is 4.74 Å². The lowest BCUT2D eigenvalue weighted by Crippen LogP contribution is -2.62. The first-order valence-electron chi connectivity index (χ1n) is 9.60. The molecule has 0 saturated carbocycles. The number of aromatic amines is 1. The highest BCUT2D eigenvalue weighted by Crippen LogP contribution is 2.48. The molecular weight excluding hydrogens is 342 g/mol. The van der Waals surface area contributed by atoms with Gasteiger partial charge in [-0.1, -0.05) is 30.3 Å². The minimum atomic E-state index is 0.0330. The quantitative estimate of drug-likeness (QED) is 0.837. The van der Waals surface area contributed by atoms with Crippen LogP contribution in [-0.4, -0.2) is 70.3 Å². The molecule has 0 bridgehead atoms. The molecule has 2 aromatic rings. The van der Waals surface area contributed by atoms with Crippen molar-refractivity contribution >= 4 is 5.91 Å². The highest BCUT2D eigenvalue weighted by molar-refractivity contribution is 5.78. The lowest BCUT2D eigenvalue weighted by Gasteiger charge is -2.50. The van der Waals surface area contributed by atoms with Gasteiger partial charge in [-0.2, -0.15) is 5.10 Å². The van der Waals surface area contributed by atoms with Crippen molar-refractivity contribution in [3.63, 3.8) is 0 Å². The van der Waals surface area contributed by atoms with Gasteiger partial charge < -0.3 is 9.64 Å². The zero-order valence-electron chi connectivity index (χ0n) is 16.0. The van der Waals surface area contributed by atoms with Gasteiger partial charge in [-0.05, 0) is 19.4 Å². The summed E-state index contributed by atoms with van der Waals surface area (Å²) in [5, 5.41) is 7.42. The Balaban J connectivity index is 1.49. The number of hydrogen-bond donors (Lipinski definition) is 1. The Morgan fingerprint density at radius 3 is 2.74 bits per heavy atom. The van der Waals surface area contributed by atoms with Crippen molar-refractivity contribution < 1.29 is 9.53 Å². The largest absolute Gasteiger partial charge is 0.372 e. The molecule has 4 rings (SSSR count). The lowest BCUT2D eigenvalue weighted by molar-refractivity contribution is -0.148. The van der Waals surface area contributed by atoms with E-state index in [0.717, 1.165) is 44.4 Å². The van der Waals surface area contributed by atoms with Crippen LogP contribution in [0.4, 0.5) is 0 Å². The second kappa shape index (κ2) is 7.40. The van der Waals surface area contributed by atoms with Crippen LogP contribution < -0.4 is 0 Å². The summed E-state index contributed by atoms with van der Waals surface area (Å²) in [5.41, 5.74) is 1.34. The predicted octanol–water partition coefficient (Wildman–Crippen LogP) is 1.58. The Morgan fingerprint density at radius 2 is 2.07 bits per heavy atom. The number of H-pyrrole nitrogens is 1. The molecule has 2 aliphatic rings. The van der Waals surface area contributed by atoms with E-state index in [-0.39, 0.29) is 23.8 Å². The van der Waals surface area contributed by atoms with Gasteiger partial charge in [0.1, 0.15) is 12.4 Å². The Labute approximate surface area is 159 Å². The van der Waals surface area contributed by atoms with Gasteiger partial charge in [-0.15, -0.1) is 0 Å². The number of benzene rings is 1. The SMILES string of the molecule is CCOCC(=O)N1CC2(CN(Cc3ccccc3)CC2c2n[nH]c(C)n2)C1. The Kier molecular flexibility index (Phi) is 4.97. The van der Waals surface area contributed by atoms with E-state index in [0.29, 0.717) is 6.61 Å². The average molecular weight is 369 g/mol. The third kappa shape index (κ3) is 3.61. The molecule has 1 atom stereocenters. The summed E-state index contributed by atoms with van der Waals surface area (Å²) in [6, 6.07) is 10.5. The fraction of sp³-hybridized carbons (Fsp3) is 0.550. The molecule has 1 unspecified atom stereocenters. The number of aromatic nitrogens is 3. The lowest BCUT2D eigenvalue weighted by atomic mass is 9.71. The minimum absolute atomic E-state index is 0.0330. The smallest absolute Gasteiger partial charge is 0.248 e. The average Bonchev–Trinajstić information content (AvgIpc) is 3.23. The van der Waals surface area contributed by atoms with Crippen molar-refractivity contribution in [3.05, 3.63) is 47.5 Å². The maximum atomic E-state index is 12.3. The van der Waals surface area contributed by atoms with Crippen molar-refractivity contribution in [1.82, 2.24) is 25.0 Å². The molecule has 2 aliphatic heterocycles. The fourth-order valence-electron chi connectivity index (χ4n) is 4.40. The van der Waals surface area contributed by atoms with Crippen LogP contribution in [0.25, 0.3) is 0 Å². The fourth-order valence-corrected chi connectivity index (χ4v) is 4.40. The second-order valence-corrected chi connectivity index (χ2v) is 7.74. The van der Waals surface area contributed by atoms with E-state index < -0.39 is 0 Å². The Hall–Kier alpha value is -2.25. The van der Waals surface area contributed by atoms with Crippen LogP contribution in [-0.2, 0) is 16.1 Å². The maximum absolute atomic E-state index is 12.3. The van der Waals surface area contributed by atoms with E-state index in [1.165, 1.54) is 5.56 Å². The molecule has 3 heterocycles. The normalized spacial score (nSPS) is 21.6. The molecule has 1 N–H and O–H groups in total. The number of aryl methyl sites for hydroxylation is 1. The van der Waals surface area contributed by atoms with Crippen LogP contribution in [0.1, 0.15) is 30.1 Å². The van der Waals surface area contributed by atoms with E-state index >= 15 is 0 Å². The number of rotatable bonds is 6. The van der Waals surface area contributed by atoms with Crippen LogP contribution in [0, 0.1) is 12.3 Å². The monoisotopic (exact) mass is 369 g/mol. The number of nitrogens with one attached hydrogen (secondary N) is 1. The van der Waals surface area contributed by atoms with Gasteiger partial charge in [0.05, 0.1) is 0 Å². The Bertz CT molecular complexity index is 785. The van der Waals surface area contributed by atoms with Gasteiger partial charge in [-0.3, -0.25) is 14.8 Å². The number of amides is 1. The van der Waals surface area contributed by atoms with Crippen molar-refractivity contribution in [2.45, 2.75) is 26.3 Å². The third-order valence-electron chi connectivity index (χ3n) is 5.69. The molecule has 27 heavy (non-hydrogen) atoms. The van der Waals surface area contributed by atoms with Gasteiger partial charge in [0.15, 0.2) is 5.82 Å². The predicted molar refractivity (Wildman–Crippen MR) is 101 cm³/mol. The van der Waals surface area contributed by atoms with Gasteiger partial charge in [0, 0.05) is 50.7 Å². The molecule has 0 radical (unpaired) electrons.